The van der Waals surface area contributed by atoms with Gasteiger partial charge >= 0.3 is 0 Å². The Labute approximate surface area is 194 Å². The number of hydrogen-bond acceptors (Lipinski definition) is 6. The van der Waals surface area contributed by atoms with Crippen LogP contribution in [-0.2, 0) is 11.3 Å². The summed E-state index contributed by atoms with van der Waals surface area (Å²) >= 11 is 0. The molecule has 2 aromatic carbocycles. The van der Waals surface area contributed by atoms with Crippen LogP contribution in [0.25, 0.3) is 11.1 Å². The molecule has 0 spiro atoms. The topological polar surface area (TPSA) is 70.6 Å². The van der Waals surface area contributed by atoms with E-state index in [-0.39, 0.29) is 11.9 Å². The smallest absolute Gasteiger partial charge is 0.273 e. The van der Waals surface area contributed by atoms with Crippen LogP contribution in [0.15, 0.2) is 48.5 Å². The molecule has 2 aliphatic heterocycles. The van der Waals surface area contributed by atoms with Gasteiger partial charge in [-0.2, -0.15) is 4.98 Å². The van der Waals surface area contributed by atoms with Gasteiger partial charge in [0.25, 0.3) is 5.91 Å². The van der Waals surface area contributed by atoms with Gasteiger partial charge < -0.3 is 19.9 Å². The third kappa shape index (κ3) is 4.16. The number of carbonyl (C=O) groups excluding carboxylic acids is 1. The minimum absolute atomic E-state index is 0.0319. The molecule has 0 aliphatic carbocycles. The first-order chi connectivity index (χ1) is 16.0. The number of fused-ring (bicyclic) bond motifs is 1. The summed E-state index contributed by atoms with van der Waals surface area (Å²) in [4.78, 5) is 26.6. The summed E-state index contributed by atoms with van der Waals surface area (Å²) in [6, 6.07) is 16.8. The Kier molecular flexibility index (Phi) is 5.72. The Morgan fingerprint density at radius 2 is 1.79 bits per heavy atom. The third-order valence-corrected chi connectivity index (χ3v) is 6.28. The number of rotatable bonds is 5. The fourth-order valence-electron chi connectivity index (χ4n) is 4.42. The summed E-state index contributed by atoms with van der Waals surface area (Å²) in [5.41, 5.74) is 5.86. The van der Waals surface area contributed by atoms with E-state index in [4.69, 9.17) is 14.7 Å². The fourth-order valence-corrected chi connectivity index (χ4v) is 4.42. The van der Waals surface area contributed by atoms with Gasteiger partial charge in [-0.15, -0.1) is 0 Å². The van der Waals surface area contributed by atoms with E-state index in [1.54, 1.807) is 0 Å². The van der Waals surface area contributed by atoms with Crippen LogP contribution in [0.3, 0.4) is 0 Å². The summed E-state index contributed by atoms with van der Waals surface area (Å²) in [6.07, 6.45) is 0. The predicted molar refractivity (Wildman–Crippen MR) is 130 cm³/mol. The first-order valence-electron chi connectivity index (χ1n) is 11.5. The number of anilines is 3. The molecule has 0 atom stereocenters. The molecule has 3 heterocycles. The quantitative estimate of drug-likeness (QED) is 0.630. The second kappa shape index (κ2) is 8.83. The molecule has 7 nitrogen and oxygen atoms in total. The van der Waals surface area contributed by atoms with E-state index < -0.39 is 0 Å². The van der Waals surface area contributed by atoms with Gasteiger partial charge in [0.2, 0.25) is 5.95 Å². The summed E-state index contributed by atoms with van der Waals surface area (Å²) in [5, 5.41) is 3.50. The van der Waals surface area contributed by atoms with Crippen LogP contribution in [0.2, 0.25) is 0 Å². The molecular formula is C26H29N5O2. The van der Waals surface area contributed by atoms with Gasteiger partial charge in [-0.25, -0.2) is 4.98 Å². The van der Waals surface area contributed by atoms with Crippen LogP contribution in [0, 0.1) is 6.92 Å². The molecule has 1 saturated heterocycles. The standard InChI is InChI=1S/C26H29N5O2/c1-17(2)31-16-22-23(25(31)32)28-26(30-11-13-33-14-12-30)29-24(22)27-20-9-10-21(18(3)15-20)19-7-5-4-6-8-19/h4-10,15,17H,11-14,16H2,1-3H3,(H,27,28,29). The summed E-state index contributed by atoms with van der Waals surface area (Å²) < 4.78 is 5.48. The zero-order valence-electron chi connectivity index (χ0n) is 19.3. The van der Waals surface area contributed by atoms with Crippen molar-refractivity contribution < 1.29 is 9.53 Å². The molecular weight excluding hydrogens is 414 g/mol. The van der Waals surface area contributed by atoms with Crippen molar-refractivity contribution in [3.05, 3.63) is 65.4 Å². The predicted octanol–water partition coefficient (Wildman–Crippen LogP) is 4.40. The lowest BCUT2D eigenvalue weighted by Gasteiger charge is -2.27. The molecule has 1 N–H and O–H groups in total. The van der Waals surface area contributed by atoms with Crippen molar-refractivity contribution in [3.8, 4) is 11.1 Å². The molecule has 0 radical (unpaired) electrons. The monoisotopic (exact) mass is 443 g/mol. The van der Waals surface area contributed by atoms with E-state index in [1.165, 1.54) is 16.7 Å². The molecule has 5 rings (SSSR count). The summed E-state index contributed by atoms with van der Waals surface area (Å²) in [5.74, 6) is 1.25. The Bertz CT molecular complexity index is 1170. The molecule has 1 aromatic heterocycles. The number of morpholine rings is 1. The Balaban J connectivity index is 1.51. The number of benzene rings is 2. The van der Waals surface area contributed by atoms with Gasteiger partial charge in [-0.3, -0.25) is 4.79 Å². The van der Waals surface area contributed by atoms with Crippen molar-refractivity contribution in [2.45, 2.75) is 33.4 Å². The number of amides is 1. The van der Waals surface area contributed by atoms with E-state index in [0.29, 0.717) is 50.3 Å². The minimum Gasteiger partial charge on any atom is -0.378 e. The van der Waals surface area contributed by atoms with Gasteiger partial charge in [-0.1, -0.05) is 36.4 Å². The first kappa shape index (κ1) is 21.4. The maximum atomic E-state index is 13.1. The van der Waals surface area contributed by atoms with Gasteiger partial charge in [-0.05, 0) is 49.6 Å². The molecule has 2 aliphatic rings. The lowest BCUT2D eigenvalue weighted by Crippen LogP contribution is -2.37. The number of nitrogens with one attached hydrogen (secondary N) is 1. The van der Waals surface area contributed by atoms with E-state index in [1.807, 2.05) is 24.8 Å². The van der Waals surface area contributed by atoms with E-state index in [0.717, 1.165) is 11.3 Å². The van der Waals surface area contributed by atoms with Gasteiger partial charge in [0.1, 0.15) is 11.5 Å². The van der Waals surface area contributed by atoms with Gasteiger partial charge in [0, 0.05) is 30.4 Å². The fraction of sp³-hybridized carbons (Fsp3) is 0.346. The van der Waals surface area contributed by atoms with Crippen molar-refractivity contribution in [3.63, 3.8) is 0 Å². The molecule has 1 fully saturated rings. The van der Waals surface area contributed by atoms with Crippen LogP contribution in [0.1, 0.15) is 35.5 Å². The average Bonchev–Trinajstić information content (AvgIpc) is 3.17. The maximum Gasteiger partial charge on any atom is 0.273 e. The Morgan fingerprint density at radius 3 is 2.48 bits per heavy atom. The minimum atomic E-state index is -0.0319. The Hall–Kier alpha value is -3.45. The highest BCUT2D eigenvalue weighted by atomic mass is 16.5. The molecule has 0 saturated carbocycles. The van der Waals surface area contributed by atoms with Crippen molar-refractivity contribution in [2.75, 3.05) is 36.5 Å². The lowest BCUT2D eigenvalue weighted by molar-refractivity contribution is 0.0726. The highest BCUT2D eigenvalue weighted by molar-refractivity contribution is 5.98. The number of carbonyl (C=O) groups is 1. The summed E-state index contributed by atoms with van der Waals surface area (Å²) in [6.45, 7) is 9.37. The molecule has 170 valence electrons. The van der Waals surface area contributed by atoms with Crippen molar-refractivity contribution >= 4 is 23.4 Å². The molecule has 3 aromatic rings. The zero-order valence-corrected chi connectivity index (χ0v) is 19.3. The van der Waals surface area contributed by atoms with E-state index in [2.05, 4.69) is 59.6 Å². The SMILES string of the molecule is Cc1cc(Nc2nc(N3CCOCC3)nc3c2CN(C(C)C)C3=O)ccc1-c1ccccc1. The third-order valence-electron chi connectivity index (χ3n) is 6.28. The maximum absolute atomic E-state index is 13.1. The normalized spacial score (nSPS) is 15.8. The molecule has 0 unspecified atom stereocenters. The molecule has 33 heavy (non-hydrogen) atoms. The largest absolute Gasteiger partial charge is 0.378 e. The second-order valence-corrected chi connectivity index (χ2v) is 8.85. The highest BCUT2D eigenvalue weighted by Crippen LogP contribution is 2.33. The van der Waals surface area contributed by atoms with Crippen molar-refractivity contribution in [1.82, 2.24) is 14.9 Å². The molecule has 1 amide bonds. The van der Waals surface area contributed by atoms with Crippen LogP contribution in [0.5, 0.6) is 0 Å². The second-order valence-electron chi connectivity index (χ2n) is 8.85. The van der Waals surface area contributed by atoms with Crippen LogP contribution < -0.4 is 10.2 Å². The number of aromatic nitrogens is 2. The summed E-state index contributed by atoms with van der Waals surface area (Å²) in [7, 11) is 0. The van der Waals surface area contributed by atoms with E-state index in [9.17, 15) is 4.79 Å². The average molecular weight is 444 g/mol. The van der Waals surface area contributed by atoms with Crippen LogP contribution >= 0.6 is 0 Å². The van der Waals surface area contributed by atoms with Crippen LogP contribution in [-0.4, -0.2) is 53.1 Å². The number of ether oxygens (including phenoxy) is 1. The highest BCUT2D eigenvalue weighted by Gasteiger charge is 2.35. The number of aryl methyl sites for hydroxylation is 1. The number of nitrogens with zero attached hydrogens (tertiary/aromatic N) is 4. The van der Waals surface area contributed by atoms with Crippen molar-refractivity contribution in [1.29, 1.82) is 0 Å². The van der Waals surface area contributed by atoms with Gasteiger partial charge in [0.05, 0.1) is 19.8 Å². The number of hydrogen-bond donors (Lipinski definition) is 1. The van der Waals surface area contributed by atoms with Crippen molar-refractivity contribution in [2.24, 2.45) is 0 Å². The zero-order chi connectivity index (χ0) is 22.9. The molecule has 0 bridgehead atoms. The van der Waals surface area contributed by atoms with Gasteiger partial charge in [0.15, 0.2) is 0 Å². The van der Waals surface area contributed by atoms with E-state index >= 15 is 0 Å². The first-order valence-corrected chi connectivity index (χ1v) is 11.5. The van der Waals surface area contributed by atoms with Crippen LogP contribution in [0.4, 0.5) is 17.5 Å². The lowest BCUT2D eigenvalue weighted by atomic mass is 10.00. The Morgan fingerprint density at radius 1 is 1.03 bits per heavy atom. The molecule has 7 heteroatoms.